The molecule has 2 rings (SSSR count). The van der Waals surface area contributed by atoms with Crippen molar-refractivity contribution in [1.29, 1.82) is 0 Å². The number of carboxylic acid groups (broad SMARTS) is 1. The second-order valence-electron chi connectivity index (χ2n) is 3.32. The van der Waals surface area contributed by atoms with Gasteiger partial charge in [0.2, 0.25) is 0 Å². The second-order valence-corrected chi connectivity index (χ2v) is 3.32. The van der Waals surface area contributed by atoms with Crippen LogP contribution in [0.25, 0.3) is 10.9 Å². The van der Waals surface area contributed by atoms with E-state index < -0.39 is 5.97 Å². The molecule has 0 unspecified atom stereocenters. The Morgan fingerprint density at radius 2 is 2.13 bits per heavy atom. The van der Waals surface area contributed by atoms with Crippen molar-refractivity contribution in [2.45, 2.75) is 0 Å². The van der Waals surface area contributed by atoms with E-state index in [2.05, 4.69) is 0 Å². The Morgan fingerprint density at radius 3 is 2.73 bits per heavy atom. The highest BCUT2D eigenvalue weighted by Gasteiger charge is 2.15. The van der Waals surface area contributed by atoms with Crippen LogP contribution in [0.2, 0.25) is 0 Å². The van der Waals surface area contributed by atoms with Crippen LogP contribution >= 0.6 is 0 Å². The molecule has 1 heterocycles. The third kappa shape index (κ3) is 1.34. The molecule has 0 aliphatic carbocycles. The largest absolute Gasteiger partial charge is 0.494 e. The maximum Gasteiger partial charge on any atom is 0.339 e. The summed E-state index contributed by atoms with van der Waals surface area (Å²) in [6, 6.07) is 5.26. The number of benzene rings is 1. The van der Waals surface area contributed by atoms with Gasteiger partial charge in [-0.1, -0.05) is 6.07 Å². The van der Waals surface area contributed by atoms with Gasteiger partial charge in [0.1, 0.15) is 5.56 Å². The van der Waals surface area contributed by atoms with Gasteiger partial charge in [0.25, 0.3) is 0 Å². The second kappa shape index (κ2) is 3.31. The number of nitrogens with zero attached hydrogens (tertiary/aromatic N) is 1. The summed E-state index contributed by atoms with van der Waals surface area (Å²) in [5.74, 6) is -0.567. The van der Waals surface area contributed by atoms with Crippen LogP contribution in [0.1, 0.15) is 10.4 Å². The van der Waals surface area contributed by atoms with Crippen molar-refractivity contribution < 1.29 is 14.6 Å². The molecule has 1 aromatic heterocycles. The Labute approximate surface area is 86.7 Å². The summed E-state index contributed by atoms with van der Waals surface area (Å²) in [5.41, 5.74) is 0.990. The summed E-state index contributed by atoms with van der Waals surface area (Å²) in [7, 11) is 3.34. The van der Waals surface area contributed by atoms with Crippen LogP contribution in [0, 0.1) is 0 Å². The van der Waals surface area contributed by atoms with Crippen LogP contribution in [-0.2, 0) is 7.05 Å². The Morgan fingerprint density at radius 1 is 1.40 bits per heavy atom. The highest BCUT2D eigenvalue weighted by Crippen LogP contribution is 2.29. The first-order valence-corrected chi connectivity index (χ1v) is 4.50. The molecule has 1 N–H and O–H groups in total. The van der Waals surface area contributed by atoms with E-state index in [0.29, 0.717) is 5.75 Å². The number of aryl methyl sites for hydroxylation is 1. The maximum atomic E-state index is 11.0. The van der Waals surface area contributed by atoms with Gasteiger partial charge in [0.15, 0.2) is 5.75 Å². The summed E-state index contributed by atoms with van der Waals surface area (Å²) in [6.45, 7) is 0. The number of fused-ring (bicyclic) bond motifs is 1. The molecule has 0 aliphatic heterocycles. The van der Waals surface area contributed by atoms with E-state index in [0.717, 1.165) is 10.9 Å². The zero-order valence-corrected chi connectivity index (χ0v) is 8.52. The lowest BCUT2D eigenvalue weighted by atomic mass is 10.1. The van der Waals surface area contributed by atoms with Crippen LogP contribution in [0.3, 0.4) is 0 Å². The Bertz CT molecular complexity index is 528. The number of methoxy groups -OCH3 is 1. The molecule has 0 bridgehead atoms. The van der Waals surface area contributed by atoms with E-state index >= 15 is 0 Å². The SMILES string of the molecule is COc1c(C(=O)O)ccc2ccn(C)c12. The lowest BCUT2D eigenvalue weighted by Gasteiger charge is -2.08. The molecule has 78 valence electrons. The van der Waals surface area contributed by atoms with Gasteiger partial charge in [-0.05, 0) is 12.1 Å². The van der Waals surface area contributed by atoms with Crippen molar-refractivity contribution in [3.05, 3.63) is 30.0 Å². The first kappa shape index (κ1) is 9.58. The number of hydrogen-bond donors (Lipinski definition) is 1. The molecule has 0 radical (unpaired) electrons. The van der Waals surface area contributed by atoms with E-state index in [9.17, 15) is 4.79 Å². The molecule has 0 fully saturated rings. The minimum absolute atomic E-state index is 0.187. The van der Waals surface area contributed by atoms with E-state index in [-0.39, 0.29) is 5.56 Å². The van der Waals surface area contributed by atoms with Gasteiger partial charge in [-0.2, -0.15) is 0 Å². The number of aromatic nitrogens is 1. The number of carbonyl (C=O) groups is 1. The molecular weight excluding hydrogens is 194 g/mol. The van der Waals surface area contributed by atoms with Crippen LogP contribution in [0.5, 0.6) is 5.75 Å². The standard InChI is InChI=1S/C11H11NO3/c1-12-6-5-7-3-4-8(11(13)14)10(15-2)9(7)12/h3-6H,1-2H3,(H,13,14). The fourth-order valence-electron chi connectivity index (χ4n) is 1.73. The Hall–Kier alpha value is -1.97. The highest BCUT2D eigenvalue weighted by molar-refractivity contribution is 5.99. The fraction of sp³-hybridized carbons (Fsp3) is 0.182. The van der Waals surface area contributed by atoms with E-state index in [1.165, 1.54) is 7.11 Å². The van der Waals surface area contributed by atoms with Crippen LogP contribution in [0.4, 0.5) is 0 Å². The van der Waals surface area contributed by atoms with Crippen molar-refractivity contribution >= 4 is 16.9 Å². The average Bonchev–Trinajstić information content (AvgIpc) is 2.59. The number of carboxylic acids is 1. The van der Waals surface area contributed by atoms with Gasteiger partial charge in [0, 0.05) is 18.6 Å². The molecule has 0 saturated heterocycles. The zero-order valence-electron chi connectivity index (χ0n) is 8.52. The summed E-state index contributed by atoms with van der Waals surface area (Å²) in [4.78, 5) is 11.0. The summed E-state index contributed by atoms with van der Waals surface area (Å²) >= 11 is 0. The molecule has 15 heavy (non-hydrogen) atoms. The van der Waals surface area contributed by atoms with Crippen LogP contribution < -0.4 is 4.74 Å². The molecule has 0 atom stereocenters. The number of rotatable bonds is 2. The van der Waals surface area contributed by atoms with Crippen LogP contribution in [-0.4, -0.2) is 22.8 Å². The normalized spacial score (nSPS) is 10.5. The highest BCUT2D eigenvalue weighted by atomic mass is 16.5. The Kier molecular flexibility index (Phi) is 2.11. The van der Waals surface area contributed by atoms with Crippen molar-refractivity contribution in [1.82, 2.24) is 4.57 Å². The molecule has 0 saturated carbocycles. The molecular formula is C11H11NO3. The molecule has 4 heteroatoms. The summed E-state index contributed by atoms with van der Waals surface area (Å²) in [6.07, 6.45) is 1.87. The maximum absolute atomic E-state index is 11.0. The lowest BCUT2D eigenvalue weighted by molar-refractivity contribution is 0.0693. The zero-order chi connectivity index (χ0) is 11.0. The van der Waals surface area contributed by atoms with E-state index in [4.69, 9.17) is 9.84 Å². The number of aromatic carboxylic acids is 1. The topological polar surface area (TPSA) is 51.5 Å². The van der Waals surface area contributed by atoms with Gasteiger partial charge in [-0.3, -0.25) is 0 Å². The van der Waals surface area contributed by atoms with Gasteiger partial charge >= 0.3 is 5.97 Å². The molecule has 0 aliphatic rings. The smallest absolute Gasteiger partial charge is 0.339 e. The Balaban J connectivity index is 2.85. The molecule has 0 spiro atoms. The van der Waals surface area contributed by atoms with Crippen LogP contribution in [0.15, 0.2) is 24.4 Å². The third-order valence-corrected chi connectivity index (χ3v) is 2.43. The minimum atomic E-state index is -0.977. The molecule has 2 aromatic rings. The fourth-order valence-corrected chi connectivity index (χ4v) is 1.73. The quantitative estimate of drug-likeness (QED) is 0.814. The summed E-state index contributed by atoms with van der Waals surface area (Å²) in [5, 5.41) is 9.97. The lowest BCUT2D eigenvalue weighted by Crippen LogP contribution is -2.02. The van der Waals surface area contributed by atoms with Crippen molar-refractivity contribution in [3.8, 4) is 5.75 Å². The van der Waals surface area contributed by atoms with Crippen molar-refractivity contribution in [2.75, 3.05) is 7.11 Å². The predicted octanol–water partition coefficient (Wildman–Crippen LogP) is 1.89. The van der Waals surface area contributed by atoms with Gasteiger partial charge in [0.05, 0.1) is 12.6 Å². The van der Waals surface area contributed by atoms with E-state index in [1.807, 2.05) is 23.9 Å². The van der Waals surface area contributed by atoms with Gasteiger partial charge < -0.3 is 14.4 Å². The van der Waals surface area contributed by atoms with Crippen molar-refractivity contribution in [3.63, 3.8) is 0 Å². The third-order valence-electron chi connectivity index (χ3n) is 2.43. The predicted molar refractivity (Wildman–Crippen MR) is 56.4 cm³/mol. The molecule has 4 nitrogen and oxygen atoms in total. The van der Waals surface area contributed by atoms with Gasteiger partial charge in [-0.15, -0.1) is 0 Å². The van der Waals surface area contributed by atoms with E-state index in [1.54, 1.807) is 12.1 Å². The summed E-state index contributed by atoms with van der Waals surface area (Å²) < 4.78 is 7.01. The number of hydrogen-bond acceptors (Lipinski definition) is 2. The van der Waals surface area contributed by atoms with Crippen molar-refractivity contribution in [2.24, 2.45) is 7.05 Å². The first-order valence-electron chi connectivity index (χ1n) is 4.50. The average molecular weight is 205 g/mol. The van der Waals surface area contributed by atoms with Gasteiger partial charge in [-0.25, -0.2) is 4.79 Å². The first-order chi connectivity index (χ1) is 7.15. The number of ether oxygens (including phenoxy) is 1. The molecule has 0 amide bonds. The minimum Gasteiger partial charge on any atom is -0.494 e. The monoisotopic (exact) mass is 205 g/mol. The molecule has 1 aromatic carbocycles.